The van der Waals surface area contributed by atoms with E-state index in [-0.39, 0.29) is 11.5 Å². The Kier molecular flexibility index (Phi) is 2.66. The van der Waals surface area contributed by atoms with Crippen LogP contribution in [-0.2, 0) is 6.54 Å². The van der Waals surface area contributed by atoms with Crippen molar-refractivity contribution in [2.75, 3.05) is 7.05 Å². The van der Waals surface area contributed by atoms with Crippen molar-refractivity contribution in [1.29, 1.82) is 0 Å². The fourth-order valence-electron chi connectivity index (χ4n) is 3.01. The van der Waals surface area contributed by atoms with Crippen LogP contribution >= 0.6 is 0 Å². The minimum atomic E-state index is -0.0876. The minimum Gasteiger partial charge on any atom is -0.337 e. The number of carbonyl (C=O) groups excluding carboxylic acids is 1. The molecule has 4 heteroatoms. The molecule has 1 aliphatic heterocycles. The smallest absolute Gasteiger partial charge is 0.255 e. The standard InChI is InChI=1S/C18H14N2O2/c1-20-10-14-8-12(4-5-15(14)18(20)22)13-3-2-11-6-7-19-17(21)16(11)9-13/h2-9H,10H2,1H3,(H,19,21). The maximum atomic E-state index is 11.9. The lowest BCUT2D eigenvalue weighted by Gasteiger charge is -2.06. The van der Waals surface area contributed by atoms with Crippen molar-refractivity contribution in [3.8, 4) is 11.1 Å². The maximum absolute atomic E-state index is 11.9. The van der Waals surface area contributed by atoms with Crippen LogP contribution in [0, 0.1) is 0 Å². The lowest BCUT2D eigenvalue weighted by Crippen LogP contribution is -2.17. The zero-order chi connectivity index (χ0) is 15.3. The lowest BCUT2D eigenvalue weighted by atomic mass is 9.98. The van der Waals surface area contributed by atoms with Gasteiger partial charge in [0.2, 0.25) is 0 Å². The van der Waals surface area contributed by atoms with Gasteiger partial charge in [0.25, 0.3) is 11.5 Å². The van der Waals surface area contributed by atoms with E-state index in [4.69, 9.17) is 0 Å². The van der Waals surface area contributed by atoms with Gasteiger partial charge in [0.1, 0.15) is 0 Å². The van der Waals surface area contributed by atoms with E-state index in [1.54, 1.807) is 18.1 Å². The highest BCUT2D eigenvalue weighted by atomic mass is 16.2. The average Bonchev–Trinajstić information content (AvgIpc) is 2.82. The van der Waals surface area contributed by atoms with Crippen molar-refractivity contribution in [1.82, 2.24) is 9.88 Å². The normalized spacial score (nSPS) is 13.7. The van der Waals surface area contributed by atoms with E-state index in [1.807, 2.05) is 42.5 Å². The highest BCUT2D eigenvalue weighted by molar-refractivity contribution is 5.99. The first-order valence-corrected chi connectivity index (χ1v) is 7.14. The summed E-state index contributed by atoms with van der Waals surface area (Å²) in [6, 6.07) is 13.6. The first kappa shape index (κ1) is 12.8. The molecule has 2 heterocycles. The van der Waals surface area contributed by atoms with Gasteiger partial charge in [0, 0.05) is 30.7 Å². The molecule has 0 aliphatic carbocycles. The molecule has 0 saturated carbocycles. The number of aromatic nitrogens is 1. The number of benzene rings is 2. The summed E-state index contributed by atoms with van der Waals surface area (Å²) in [7, 11) is 1.80. The van der Waals surface area contributed by atoms with E-state index in [0.717, 1.165) is 27.6 Å². The summed E-state index contributed by atoms with van der Waals surface area (Å²) in [5, 5.41) is 1.59. The Morgan fingerprint density at radius 3 is 2.64 bits per heavy atom. The molecule has 4 nitrogen and oxygen atoms in total. The first-order valence-electron chi connectivity index (χ1n) is 7.14. The fourth-order valence-corrected chi connectivity index (χ4v) is 3.01. The van der Waals surface area contributed by atoms with Crippen molar-refractivity contribution < 1.29 is 4.79 Å². The molecule has 0 atom stereocenters. The summed E-state index contributed by atoms with van der Waals surface area (Å²) in [4.78, 5) is 28.3. The molecule has 0 spiro atoms. The topological polar surface area (TPSA) is 53.2 Å². The molecule has 0 fully saturated rings. The Morgan fingerprint density at radius 2 is 1.77 bits per heavy atom. The van der Waals surface area contributed by atoms with Crippen LogP contribution < -0.4 is 5.56 Å². The van der Waals surface area contributed by atoms with Crippen LogP contribution in [0.5, 0.6) is 0 Å². The molecule has 4 rings (SSSR count). The van der Waals surface area contributed by atoms with Gasteiger partial charge >= 0.3 is 0 Å². The van der Waals surface area contributed by atoms with Gasteiger partial charge in [-0.3, -0.25) is 9.59 Å². The molecule has 22 heavy (non-hydrogen) atoms. The Morgan fingerprint density at radius 1 is 1.00 bits per heavy atom. The summed E-state index contributed by atoms with van der Waals surface area (Å²) in [5.74, 6) is 0.0662. The second-order valence-electron chi connectivity index (χ2n) is 5.64. The maximum Gasteiger partial charge on any atom is 0.255 e. The molecule has 1 N–H and O–H groups in total. The van der Waals surface area contributed by atoms with Crippen molar-refractivity contribution in [2.45, 2.75) is 6.54 Å². The summed E-state index contributed by atoms with van der Waals surface area (Å²) < 4.78 is 0. The summed E-state index contributed by atoms with van der Waals surface area (Å²) in [6.07, 6.45) is 1.65. The second-order valence-corrected chi connectivity index (χ2v) is 5.64. The van der Waals surface area contributed by atoms with Crippen LogP contribution in [-0.4, -0.2) is 22.8 Å². The van der Waals surface area contributed by atoms with Gasteiger partial charge in [0.15, 0.2) is 0 Å². The van der Waals surface area contributed by atoms with Gasteiger partial charge in [-0.25, -0.2) is 0 Å². The van der Waals surface area contributed by atoms with Crippen LogP contribution in [0.25, 0.3) is 21.9 Å². The monoisotopic (exact) mass is 290 g/mol. The van der Waals surface area contributed by atoms with E-state index >= 15 is 0 Å². The van der Waals surface area contributed by atoms with Gasteiger partial charge in [-0.1, -0.05) is 18.2 Å². The lowest BCUT2D eigenvalue weighted by molar-refractivity contribution is 0.0816. The van der Waals surface area contributed by atoms with E-state index in [2.05, 4.69) is 4.98 Å². The molecule has 1 aromatic heterocycles. The van der Waals surface area contributed by atoms with Gasteiger partial charge in [-0.05, 0) is 46.3 Å². The SMILES string of the molecule is CN1Cc2cc(-c3ccc4cc[nH]c(=O)c4c3)ccc2C1=O. The summed E-state index contributed by atoms with van der Waals surface area (Å²) in [5.41, 5.74) is 3.72. The predicted octanol–water partition coefficient (Wildman–Crippen LogP) is 2.78. The van der Waals surface area contributed by atoms with E-state index in [0.29, 0.717) is 11.9 Å². The Labute approximate surface area is 127 Å². The number of hydrogen-bond donors (Lipinski definition) is 1. The number of rotatable bonds is 1. The number of carbonyl (C=O) groups is 1. The van der Waals surface area contributed by atoms with Crippen molar-refractivity contribution in [3.05, 3.63) is 70.1 Å². The number of fused-ring (bicyclic) bond motifs is 2. The average molecular weight is 290 g/mol. The van der Waals surface area contributed by atoms with Gasteiger partial charge in [-0.2, -0.15) is 0 Å². The van der Waals surface area contributed by atoms with Crippen LogP contribution in [0.15, 0.2) is 53.5 Å². The largest absolute Gasteiger partial charge is 0.337 e. The quantitative estimate of drug-likeness (QED) is 0.749. The van der Waals surface area contributed by atoms with Crippen LogP contribution in [0.2, 0.25) is 0 Å². The third-order valence-electron chi connectivity index (χ3n) is 4.20. The van der Waals surface area contributed by atoms with Crippen molar-refractivity contribution >= 4 is 16.7 Å². The Hall–Kier alpha value is -2.88. The highest BCUT2D eigenvalue weighted by Gasteiger charge is 2.24. The van der Waals surface area contributed by atoms with Crippen molar-refractivity contribution in [2.24, 2.45) is 0 Å². The number of amides is 1. The molecule has 3 aromatic rings. The number of nitrogens with zero attached hydrogens (tertiary/aromatic N) is 1. The number of aromatic amines is 1. The molecular formula is C18H14N2O2. The molecule has 1 aliphatic rings. The zero-order valence-corrected chi connectivity index (χ0v) is 12.1. The highest BCUT2D eigenvalue weighted by Crippen LogP contribution is 2.29. The van der Waals surface area contributed by atoms with Crippen molar-refractivity contribution in [3.63, 3.8) is 0 Å². The molecular weight excluding hydrogens is 276 g/mol. The molecule has 2 aromatic carbocycles. The third-order valence-corrected chi connectivity index (χ3v) is 4.20. The van der Waals surface area contributed by atoms with Gasteiger partial charge < -0.3 is 9.88 Å². The number of pyridine rings is 1. The first-order chi connectivity index (χ1) is 10.6. The summed E-state index contributed by atoms with van der Waals surface area (Å²) >= 11 is 0. The fraction of sp³-hybridized carbons (Fsp3) is 0.111. The van der Waals surface area contributed by atoms with Crippen LogP contribution in [0.4, 0.5) is 0 Å². The van der Waals surface area contributed by atoms with E-state index in [1.165, 1.54) is 0 Å². The van der Waals surface area contributed by atoms with Gasteiger partial charge in [-0.15, -0.1) is 0 Å². The van der Waals surface area contributed by atoms with E-state index in [9.17, 15) is 9.59 Å². The molecule has 0 saturated heterocycles. The van der Waals surface area contributed by atoms with E-state index < -0.39 is 0 Å². The molecule has 0 radical (unpaired) electrons. The van der Waals surface area contributed by atoms with Crippen LogP contribution in [0.3, 0.4) is 0 Å². The Balaban J connectivity index is 1.86. The minimum absolute atomic E-state index is 0.0662. The number of H-pyrrole nitrogens is 1. The molecule has 1 amide bonds. The number of hydrogen-bond acceptors (Lipinski definition) is 2. The second kappa shape index (κ2) is 4.56. The molecule has 0 bridgehead atoms. The summed E-state index contributed by atoms with van der Waals surface area (Å²) in [6.45, 7) is 0.635. The Bertz CT molecular complexity index is 972. The molecule has 0 unspecified atom stereocenters. The molecule has 108 valence electrons. The number of nitrogens with one attached hydrogen (secondary N) is 1. The zero-order valence-electron chi connectivity index (χ0n) is 12.1. The third kappa shape index (κ3) is 1.84. The van der Waals surface area contributed by atoms with Gasteiger partial charge in [0.05, 0.1) is 0 Å². The van der Waals surface area contributed by atoms with Crippen LogP contribution in [0.1, 0.15) is 15.9 Å². The predicted molar refractivity (Wildman–Crippen MR) is 85.8 cm³/mol.